The molecule has 3 rings (SSSR count). The molecule has 0 aromatic heterocycles. The van der Waals surface area contributed by atoms with E-state index in [0.29, 0.717) is 0 Å². The molecule has 0 bridgehead atoms. The molecular weight excluding hydrogens is 262 g/mol. The standard InChI is InChI=1S/C17H25N3O/c21-17(16-8-1-2-9-18-16)19-15-7-5-6-14(12-15)13-20-10-3-4-11-20/h5-7,12,16,18H,1-4,8-11,13H2,(H,19,21). The van der Waals surface area contributed by atoms with Gasteiger partial charge in [-0.1, -0.05) is 18.6 Å². The van der Waals surface area contributed by atoms with Crippen molar-refractivity contribution < 1.29 is 4.79 Å². The second-order valence-corrected chi connectivity index (χ2v) is 6.18. The van der Waals surface area contributed by atoms with E-state index in [2.05, 4.69) is 27.7 Å². The molecule has 114 valence electrons. The first-order valence-electron chi connectivity index (χ1n) is 8.17. The SMILES string of the molecule is O=C(Nc1cccc(CN2CCCC2)c1)C1CCCCN1. The van der Waals surface area contributed by atoms with E-state index >= 15 is 0 Å². The van der Waals surface area contributed by atoms with Crippen molar-refractivity contribution in [3.05, 3.63) is 29.8 Å². The highest BCUT2D eigenvalue weighted by Gasteiger charge is 2.20. The van der Waals surface area contributed by atoms with Gasteiger partial charge in [-0.15, -0.1) is 0 Å². The van der Waals surface area contributed by atoms with E-state index in [1.807, 2.05) is 12.1 Å². The minimum absolute atomic E-state index is 0.0269. The van der Waals surface area contributed by atoms with Crippen molar-refractivity contribution in [2.24, 2.45) is 0 Å². The number of piperidine rings is 1. The van der Waals surface area contributed by atoms with Crippen molar-refractivity contribution >= 4 is 11.6 Å². The topological polar surface area (TPSA) is 44.4 Å². The van der Waals surface area contributed by atoms with Crippen molar-refractivity contribution in [3.8, 4) is 0 Å². The summed E-state index contributed by atoms with van der Waals surface area (Å²) in [5.41, 5.74) is 2.20. The van der Waals surface area contributed by atoms with Crippen molar-refractivity contribution in [1.29, 1.82) is 0 Å². The predicted molar refractivity (Wildman–Crippen MR) is 85.2 cm³/mol. The maximum atomic E-state index is 12.2. The molecule has 0 radical (unpaired) electrons. The molecule has 4 nitrogen and oxygen atoms in total. The molecule has 1 aromatic carbocycles. The number of nitrogens with one attached hydrogen (secondary N) is 2. The highest BCUT2D eigenvalue weighted by molar-refractivity contribution is 5.94. The van der Waals surface area contributed by atoms with Crippen LogP contribution in [-0.4, -0.2) is 36.5 Å². The molecule has 1 atom stereocenters. The Morgan fingerprint density at radius 1 is 1.24 bits per heavy atom. The van der Waals surface area contributed by atoms with E-state index in [1.165, 1.54) is 37.9 Å². The lowest BCUT2D eigenvalue weighted by molar-refractivity contribution is -0.118. The van der Waals surface area contributed by atoms with Crippen molar-refractivity contribution in [2.75, 3.05) is 25.0 Å². The average Bonchev–Trinajstić information content (AvgIpc) is 3.01. The molecule has 2 N–H and O–H groups in total. The van der Waals surface area contributed by atoms with Gasteiger partial charge in [-0.25, -0.2) is 0 Å². The van der Waals surface area contributed by atoms with Gasteiger partial charge in [0.2, 0.25) is 5.91 Å². The maximum absolute atomic E-state index is 12.2. The lowest BCUT2D eigenvalue weighted by Crippen LogP contribution is -2.43. The Hall–Kier alpha value is -1.39. The third-order valence-corrected chi connectivity index (χ3v) is 4.43. The molecule has 0 aliphatic carbocycles. The zero-order valence-corrected chi connectivity index (χ0v) is 12.6. The Kier molecular flexibility index (Phi) is 4.88. The van der Waals surface area contributed by atoms with E-state index in [-0.39, 0.29) is 11.9 Å². The summed E-state index contributed by atoms with van der Waals surface area (Å²) in [6, 6.07) is 8.25. The summed E-state index contributed by atoms with van der Waals surface area (Å²) < 4.78 is 0. The summed E-state index contributed by atoms with van der Waals surface area (Å²) >= 11 is 0. The molecule has 21 heavy (non-hydrogen) atoms. The minimum atomic E-state index is -0.0269. The van der Waals surface area contributed by atoms with Gasteiger partial charge in [0, 0.05) is 12.2 Å². The van der Waals surface area contributed by atoms with Crippen LogP contribution in [0.3, 0.4) is 0 Å². The summed E-state index contributed by atoms with van der Waals surface area (Å²) in [4.78, 5) is 14.7. The number of nitrogens with zero attached hydrogens (tertiary/aromatic N) is 1. The van der Waals surface area contributed by atoms with E-state index in [4.69, 9.17) is 0 Å². The number of carbonyl (C=O) groups is 1. The molecule has 0 spiro atoms. The third kappa shape index (κ3) is 4.05. The fourth-order valence-corrected chi connectivity index (χ4v) is 3.25. The molecule has 2 heterocycles. The molecule has 1 unspecified atom stereocenters. The molecule has 1 amide bonds. The summed E-state index contributed by atoms with van der Waals surface area (Å²) in [5.74, 6) is 0.105. The summed E-state index contributed by atoms with van der Waals surface area (Å²) in [5, 5.41) is 6.35. The Balaban J connectivity index is 1.58. The van der Waals surface area contributed by atoms with Gasteiger partial charge < -0.3 is 10.6 Å². The summed E-state index contributed by atoms with van der Waals surface area (Å²) in [6.45, 7) is 4.34. The Bertz CT molecular complexity index is 477. The van der Waals surface area contributed by atoms with Crippen LogP contribution in [0, 0.1) is 0 Å². The molecule has 2 aliphatic heterocycles. The first-order valence-corrected chi connectivity index (χ1v) is 8.17. The second-order valence-electron chi connectivity index (χ2n) is 6.18. The first kappa shape index (κ1) is 14.5. The lowest BCUT2D eigenvalue weighted by Gasteiger charge is -2.22. The zero-order chi connectivity index (χ0) is 14.5. The number of amides is 1. The largest absolute Gasteiger partial charge is 0.325 e. The number of rotatable bonds is 4. The lowest BCUT2D eigenvalue weighted by atomic mass is 10.0. The number of benzene rings is 1. The molecule has 0 saturated carbocycles. The number of anilines is 1. The molecule has 1 aromatic rings. The summed E-state index contributed by atoms with van der Waals surface area (Å²) in [6.07, 6.45) is 5.88. The Morgan fingerprint density at radius 2 is 2.10 bits per heavy atom. The monoisotopic (exact) mass is 287 g/mol. The van der Waals surface area contributed by atoms with Crippen LogP contribution in [0.2, 0.25) is 0 Å². The molecule has 2 aliphatic rings. The molecular formula is C17H25N3O. The van der Waals surface area contributed by atoms with Crippen LogP contribution in [0.25, 0.3) is 0 Å². The summed E-state index contributed by atoms with van der Waals surface area (Å²) in [7, 11) is 0. The number of carbonyl (C=O) groups excluding carboxylic acids is 1. The van der Waals surface area contributed by atoms with Crippen molar-refractivity contribution in [1.82, 2.24) is 10.2 Å². The van der Waals surface area contributed by atoms with E-state index in [9.17, 15) is 4.79 Å². The van der Waals surface area contributed by atoms with Gasteiger partial charge in [0.05, 0.1) is 6.04 Å². The van der Waals surface area contributed by atoms with Gasteiger partial charge >= 0.3 is 0 Å². The first-order chi connectivity index (χ1) is 10.3. The van der Waals surface area contributed by atoms with Crippen LogP contribution < -0.4 is 10.6 Å². The van der Waals surface area contributed by atoms with Crippen LogP contribution in [0.5, 0.6) is 0 Å². The maximum Gasteiger partial charge on any atom is 0.241 e. The predicted octanol–water partition coefficient (Wildman–Crippen LogP) is 2.36. The van der Waals surface area contributed by atoms with Crippen LogP contribution in [0.1, 0.15) is 37.7 Å². The van der Waals surface area contributed by atoms with Gasteiger partial charge in [-0.2, -0.15) is 0 Å². The Morgan fingerprint density at radius 3 is 2.86 bits per heavy atom. The van der Waals surface area contributed by atoms with E-state index in [1.54, 1.807) is 0 Å². The normalized spacial score (nSPS) is 23.1. The average molecular weight is 287 g/mol. The van der Waals surface area contributed by atoms with Gasteiger partial charge in [-0.05, 0) is 63.0 Å². The fraction of sp³-hybridized carbons (Fsp3) is 0.588. The van der Waals surface area contributed by atoms with Crippen LogP contribution in [0.15, 0.2) is 24.3 Å². The fourth-order valence-electron chi connectivity index (χ4n) is 3.25. The number of hydrogen-bond acceptors (Lipinski definition) is 3. The van der Waals surface area contributed by atoms with Gasteiger partial charge in [0.15, 0.2) is 0 Å². The molecule has 2 saturated heterocycles. The zero-order valence-electron chi connectivity index (χ0n) is 12.6. The molecule has 2 fully saturated rings. The molecule has 4 heteroatoms. The van der Waals surface area contributed by atoms with Crippen molar-refractivity contribution in [2.45, 2.75) is 44.7 Å². The van der Waals surface area contributed by atoms with Crippen molar-refractivity contribution in [3.63, 3.8) is 0 Å². The van der Waals surface area contributed by atoms with Crippen LogP contribution >= 0.6 is 0 Å². The highest BCUT2D eigenvalue weighted by Crippen LogP contribution is 2.17. The van der Waals surface area contributed by atoms with Crippen LogP contribution in [0.4, 0.5) is 5.69 Å². The Labute approximate surface area is 126 Å². The second kappa shape index (κ2) is 7.05. The minimum Gasteiger partial charge on any atom is -0.325 e. The van der Waals surface area contributed by atoms with Gasteiger partial charge in [0.1, 0.15) is 0 Å². The third-order valence-electron chi connectivity index (χ3n) is 4.43. The highest BCUT2D eigenvalue weighted by atomic mass is 16.2. The number of likely N-dealkylation sites (tertiary alicyclic amines) is 1. The van der Waals surface area contributed by atoms with Gasteiger partial charge in [0.25, 0.3) is 0 Å². The van der Waals surface area contributed by atoms with E-state index < -0.39 is 0 Å². The van der Waals surface area contributed by atoms with E-state index in [0.717, 1.165) is 31.6 Å². The van der Waals surface area contributed by atoms with Gasteiger partial charge in [-0.3, -0.25) is 9.69 Å². The number of hydrogen-bond donors (Lipinski definition) is 2. The smallest absolute Gasteiger partial charge is 0.241 e. The van der Waals surface area contributed by atoms with Crippen LogP contribution in [-0.2, 0) is 11.3 Å². The quantitative estimate of drug-likeness (QED) is 0.893.